The van der Waals surface area contributed by atoms with Crippen LogP contribution < -0.4 is 11.1 Å². The molecular formula is C13H17N3OS. The maximum Gasteiger partial charge on any atom is 0.248 e. The molecule has 0 fully saturated rings. The number of anilines is 1. The lowest BCUT2D eigenvalue weighted by molar-refractivity contribution is 0.100. The van der Waals surface area contributed by atoms with Crippen LogP contribution in [0.2, 0.25) is 0 Å². The molecule has 0 radical (unpaired) electrons. The minimum atomic E-state index is -0.408. The zero-order valence-electron chi connectivity index (χ0n) is 10.5. The summed E-state index contributed by atoms with van der Waals surface area (Å²) in [7, 11) is 0. The van der Waals surface area contributed by atoms with Crippen molar-refractivity contribution in [2.75, 3.05) is 11.9 Å². The summed E-state index contributed by atoms with van der Waals surface area (Å²) in [6, 6.07) is 7.10. The van der Waals surface area contributed by atoms with Crippen LogP contribution in [-0.4, -0.2) is 22.9 Å². The van der Waals surface area contributed by atoms with E-state index in [2.05, 4.69) is 24.2 Å². The lowest BCUT2D eigenvalue weighted by atomic mass is 10.1. The fraction of sp³-hybridized carbons (Fsp3) is 0.385. The number of nitrogens with one attached hydrogen (secondary N) is 1. The van der Waals surface area contributed by atoms with E-state index in [-0.39, 0.29) is 0 Å². The average molecular weight is 263 g/mol. The predicted octanol–water partition coefficient (Wildman–Crippen LogP) is 2.32. The van der Waals surface area contributed by atoms with Crippen LogP contribution in [0.4, 0.5) is 5.69 Å². The molecule has 0 spiro atoms. The Kier molecular flexibility index (Phi) is 3.91. The summed E-state index contributed by atoms with van der Waals surface area (Å²) in [6.07, 6.45) is 0. The quantitative estimate of drug-likeness (QED) is 0.879. The normalized spacial score (nSPS) is 18.8. The van der Waals surface area contributed by atoms with E-state index in [4.69, 9.17) is 5.73 Å². The first-order valence-electron chi connectivity index (χ1n) is 5.94. The van der Waals surface area contributed by atoms with E-state index in [9.17, 15) is 4.79 Å². The summed E-state index contributed by atoms with van der Waals surface area (Å²) < 4.78 is 0. The second-order valence-corrected chi connectivity index (χ2v) is 5.84. The number of nitrogens with zero attached hydrogens (tertiary/aromatic N) is 1. The molecule has 0 bridgehead atoms. The number of amidine groups is 1. The summed E-state index contributed by atoms with van der Waals surface area (Å²) in [6.45, 7) is 5.28. The Morgan fingerprint density at radius 2 is 2.11 bits per heavy atom. The first-order valence-corrected chi connectivity index (χ1v) is 6.82. The summed E-state index contributed by atoms with van der Waals surface area (Å²) in [4.78, 5) is 15.4. The molecule has 5 heteroatoms. The van der Waals surface area contributed by atoms with Gasteiger partial charge in [0.05, 0.1) is 6.54 Å². The number of amides is 1. The Hall–Kier alpha value is -1.49. The van der Waals surface area contributed by atoms with Gasteiger partial charge in [-0.25, -0.2) is 0 Å². The Morgan fingerprint density at radius 1 is 1.44 bits per heavy atom. The van der Waals surface area contributed by atoms with Gasteiger partial charge in [0.25, 0.3) is 0 Å². The van der Waals surface area contributed by atoms with Crippen molar-refractivity contribution in [2.24, 2.45) is 16.6 Å². The highest BCUT2D eigenvalue weighted by Gasteiger charge is 2.22. The van der Waals surface area contributed by atoms with Gasteiger partial charge in [-0.2, -0.15) is 0 Å². The van der Waals surface area contributed by atoms with E-state index in [1.165, 1.54) is 0 Å². The van der Waals surface area contributed by atoms with Crippen LogP contribution >= 0.6 is 11.8 Å². The van der Waals surface area contributed by atoms with Crippen molar-refractivity contribution in [1.82, 2.24) is 0 Å². The third-order valence-corrected chi connectivity index (χ3v) is 4.29. The van der Waals surface area contributed by atoms with Crippen molar-refractivity contribution in [3.8, 4) is 0 Å². The Balaban J connectivity index is 1.97. The second-order valence-electron chi connectivity index (χ2n) is 4.61. The maximum absolute atomic E-state index is 10.9. The van der Waals surface area contributed by atoms with Gasteiger partial charge in [0.2, 0.25) is 5.91 Å². The molecule has 1 amide bonds. The molecule has 0 aliphatic carbocycles. The highest BCUT2D eigenvalue weighted by atomic mass is 32.2. The van der Waals surface area contributed by atoms with Crippen LogP contribution in [0.15, 0.2) is 29.3 Å². The largest absolute Gasteiger partial charge is 0.366 e. The van der Waals surface area contributed by atoms with Crippen molar-refractivity contribution in [3.05, 3.63) is 29.8 Å². The summed E-state index contributed by atoms with van der Waals surface area (Å²) >= 11 is 1.77. The highest BCUT2D eigenvalue weighted by molar-refractivity contribution is 8.15. The molecule has 4 nitrogen and oxygen atoms in total. The molecule has 1 aliphatic heterocycles. The topological polar surface area (TPSA) is 67.5 Å². The number of carbonyl (C=O) groups excluding carboxylic acids is 1. The molecule has 1 unspecified atom stereocenters. The maximum atomic E-state index is 10.9. The predicted molar refractivity (Wildman–Crippen MR) is 77.1 cm³/mol. The van der Waals surface area contributed by atoms with Gasteiger partial charge in [-0.1, -0.05) is 25.6 Å². The fourth-order valence-electron chi connectivity index (χ4n) is 1.65. The van der Waals surface area contributed by atoms with Crippen molar-refractivity contribution >= 4 is 28.5 Å². The number of rotatable bonds is 3. The van der Waals surface area contributed by atoms with Gasteiger partial charge in [0.15, 0.2) is 5.17 Å². The molecule has 1 aromatic rings. The number of nitrogens with two attached hydrogens (primary N) is 1. The number of hydrogen-bond acceptors (Lipinski definition) is 4. The average Bonchev–Trinajstić information content (AvgIpc) is 2.78. The van der Waals surface area contributed by atoms with Crippen molar-refractivity contribution in [2.45, 2.75) is 19.1 Å². The molecule has 1 atom stereocenters. The van der Waals surface area contributed by atoms with Gasteiger partial charge in [0, 0.05) is 16.5 Å². The van der Waals surface area contributed by atoms with Gasteiger partial charge in [0.1, 0.15) is 0 Å². The van der Waals surface area contributed by atoms with Crippen molar-refractivity contribution in [3.63, 3.8) is 0 Å². The molecule has 18 heavy (non-hydrogen) atoms. The summed E-state index contributed by atoms with van der Waals surface area (Å²) in [5, 5.41) is 4.75. The van der Waals surface area contributed by atoms with Crippen LogP contribution in [-0.2, 0) is 0 Å². The fourth-order valence-corrected chi connectivity index (χ4v) is 2.68. The molecule has 96 valence electrons. The number of aliphatic imine (C=N–C) groups is 1. The molecule has 0 saturated carbocycles. The molecule has 1 aliphatic rings. The Morgan fingerprint density at radius 3 is 2.61 bits per heavy atom. The van der Waals surface area contributed by atoms with Crippen LogP contribution in [0.1, 0.15) is 24.2 Å². The first-order chi connectivity index (χ1) is 8.56. The van der Waals surface area contributed by atoms with Gasteiger partial charge in [-0.15, -0.1) is 0 Å². The molecule has 0 aromatic heterocycles. The number of thioether (sulfide) groups is 1. The monoisotopic (exact) mass is 263 g/mol. The number of hydrogen-bond donors (Lipinski definition) is 2. The Bertz CT molecular complexity index is 468. The second kappa shape index (κ2) is 5.44. The van der Waals surface area contributed by atoms with Gasteiger partial charge in [-0.05, 0) is 30.2 Å². The molecule has 1 heterocycles. The Labute approximate surface area is 111 Å². The molecule has 3 N–H and O–H groups in total. The van der Waals surface area contributed by atoms with Crippen LogP contribution in [0.5, 0.6) is 0 Å². The molecule has 2 rings (SSSR count). The number of primary amides is 1. The zero-order chi connectivity index (χ0) is 13.1. The smallest absolute Gasteiger partial charge is 0.248 e. The minimum Gasteiger partial charge on any atom is -0.366 e. The number of carbonyl (C=O) groups is 1. The SMILES string of the molecule is CC(C)C1CN=C(Nc2ccc(C(N)=O)cc2)S1. The van der Waals surface area contributed by atoms with Crippen molar-refractivity contribution in [1.29, 1.82) is 0 Å². The summed E-state index contributed by atoms with van der Waals surface area (Å²) in [5.41, 5.74) is 6.63. The zero-order valence-corrected chi connectivity index (χ0v) is 11.3. The number of benzene rings is 1. The standard InChI is InChI=1S/C13H17N3OS/c1-8(2)11-7-15-13(18-11)16-10-5-3-9(4-6-10)12(14)17/h3-6,8,11H,7H2,1-2H3,(H2,14,17)(H,15,16). The van der Waals surface area contributed by atoms with Gasteiger partial charge < -0.3 is 11.1 Å². The van der Waals surface area contributed by atoms with Gasteiger partial charge >= 0.3 is 0 Å². The van der Waals surface area contributed by atoms with E-state index in [1.807, 2.05) is 12.1 Å². The van der Waals surface area contributed by atoms with E-state index < -0.39 is 5.91 Å². The van der Waals surface area contributed by atoms with Crippen LogP contribution in [0, 0.1) is 5.92 Å². The van der Waals surface area contributed by atoms with Gasteiger partial charge in [-0.3, -0.25) is 9.79 Å². The molecular weight excluding hydrogens is 246 g/mol. The van der Waals surface area contributed by atoms with E-state index in [1.54, 1.807) is 23.9 Å². The highest BCUT2D eigenvalue weighted by Crippen LogP contribution is 2.27. The third-order valence-electron chi connectivity index (χ3n) is 2.84. The molecule has 0 saturated heterocycles. The van der Waals surface area contributed by atoms with E-state index in [0.717, 1.165) is 17.4 Å². The summed E-state index contributed by atoms with van der Waals surface area (Å²) in [5.74, 6) is 0.212. The van der Waals surface area contributed by atoms with Crippen LogP contribution in [0.25, 0.3) is 0 Å². The lowest BCUT2D eigenvalue weighted by Crippen LogP contribution is -2.13. The van der Waals surface area contributed by atoms with Crippen molar-refractivity contribution < 1.29 is 4.79 Å². The minimum absolute atomic E-state index is 0.408. The third kappa shape index (κ3) is 3.04. The van der Waals surface area contributed by atoms with Crippen LogP contribution in [0.3, 0.4) is 0 Å². The lowest BCUT2D eigenvalue weighted by Gasteiger charge is -2.12. The van der Waals surface area contributed by atoms with E-state index >= 15 is 0 Å². The molecule has 1 aromatic carbocycles. The van der Waals surface area contributed by atoms with E-state index in [0.29, 0.717) is 16.7 Å². The first kappa shape index (κ1) is 13.0.